The summed E-state index contributed by atoms with van der Waals surface area (Å²) in [6, 6.07) is 77.7. The molecule has 4 aliphatic rings. The summed E-state index contributed by atoms with van der Waals surface area (Å²) in [6.45, 7) is 0. The Balaban J connectivity index is 0.883. The number of allylic oxidation sites excluding steroid dienone is 4. The smallest absolute Gasteiger partial charge is 0.178 e. The first-order chi connectivity index (χ1) is 31.7. The molecule has 0 saturated carbocycles. The molecule has 1 heterocycles. The lowest BCUT2D eigenvalue weighted by Crippen LogP contribution is -2.25. The van der Waals surface area contributed by atoms with Crippen molar-refractivity contribution in [1.82, 2.24) is 0 Å². The van der Waals surface area contributed by atoms with Gasteiger partial charge in [0.25, 0.3) is 0 Å². The number of hydrogen-bond donors (Lipinski definition) is 0. The van der Waals surface area contributed by atoms with Crippen molar-refractivity contribution in [1.29, 1.82) is 0 Å². The third kappa shape index (κ3) is 5.49. The van der Waals surface area contributed by atoms with Gasteiger partial charge in [0.1, 0.15) is 0 Å². The SMILES string of the molecule is c1ccc(-c2ccc(N(C3=CC=C(c4ccc(-c5ccccc5)cc4)CC3)c3ccc4c(c3)Oc3ccc5c(c3O4)-c3ccccc3C53c4ccccc4-c4ccccc43)cc2)cc#1. The monoisotopic (exact) mass is 817 g/mol. The highest BCUT2D eigenvalue weighted by Crippen LogP contribution is 2.66. The standard InChI is InChI=1S/C61H39NO2/c1-3-13-40(14-4-1)42-23-25-43(26-24-42)45-29-33-47(34-30-45)62(46-31-27-44(28-32-46)41-15-5-2-6-16-41)48-35-37-56-58(39-48)63-57-38-36-55-59(60(57)64-56)51-19-9-12-22-54(51)61(55)52-20-10-7-17-49(52)50-18-8-11-21-53(50)61/h1,3-5,7-29,31-33,35-39H,30,34H2. The Bertz CT molecular complexity index is 3320. The van der Waals surface area contributed by atoms with E-state index >= 15 is 0 Å². The highest BCUT2D eigenvalue weighted by molar-refractivity contribution is 5.98. The van der Waals surface area contributed by atoms with E-state index in [0.29, 0.717) is 17.2 Å². The van der Waals surface area contributed by atoms with Gasteiger partial charge in [-0.2, -0.15) is 0 Å². The molecule has 3 aliphatic carbocycles. The van der Waals surface area contributed by atoms with Gasteiger partial charge in [-0.25, -0.2) is 0 Å². The molecule has 9 aromatic rings. The topological polar surface area (TPSA) is 21.7 Å². The van der Waals surface area contributed by atoms with Gasteiger partial charge in [0.15, 0.2) is 23.0 Å². The summed E-state index contributed by atoms with van der Waals surface area (Å²) >= 11 is 0. The first-order valence-corrected chi connectivity index (χ1v) is 22.0. The van der Waals surface area contributed by atoms with Crippen molar-refractivity contribution in [3.63, 3.8) is 0 Å². The molecule has 64 heavy (non-hydrogen) atoms. The lowest BCUT2D eigenvalue weighted by molar-refractivity contribution is 0.360. The summed E-state index contributed by atoms with van der Waals surface area (Å²) < 4.78 is 14.0. The largest absolute Gasteiger partial charge is 0.449 e. The number of nitrogens with zero attached hydrogens (tertiary/aromatic N) is 1. The molecule has 3 heteroatoms. The average Bonchev–Trinajstić information content (AvgIpc) is 3.85. The molecule has 0 unspecified atom stereocenters. The Morgan fingerprint density at radius 3 is 1.73 bits per heavy atom. The molecule has 9 aromatic carbocycles. The van der Waals surface area contributed by atoms with Crippen LogP contribution in [0.25, 0.3) is 50.1 Å². The molecule has 13 rings (SSSR count). The maximum atomic E-state index is 7.03. The van der Waals surface area contributed by atoms with Crippen molar-refractivity contribution in [2.24, 2.45) is 0 Å². The Morgan fingerprint density at radius 1 is 0.422 bits per heavy atom. The average molecular weight is 818 g/mol. The zero-order valence-electron chi connectivity index (χ0n) is 34.9. The molecule has 0 aromatic heterocycles. The van der Waals surface area contributed by atoms with Crippen LogP contribution in [-0.4, -0.2) is 0 Å². The molecule has 0 atom stereocenters. The van der Waals surface area contributed by atoms with Crippen LogP contribution in [0.3, 0.4) is 0 Å². The summed E-state index contributed by atoms with van der Waals surface area (Å²) in [6.07, 6.45) is 6.35. The van der Waals surface area contributed by atoms with Crippen LogP contribution in [0.2, 0.25) is 0 Å². The second kappa shape index (κ2) is 14.4. The zero-order chi connectivity index (χ0) is 42.2. The number of fused-ring (bicyclic) bond motifs is 13. The van der Waals surface area contributed by atoms with Gasteiger partial charge in [-0.1, -0.05) is 164 Å². The number of anilines is 2. The second-order valence-electron chi connectivity index (χ2n) is 16.9. The van der Waals surface area contributed by atoms with Crippen LogP contribution in [0.1, 0.15) is 40.7 Å². The quantitative estimate of drug-likeness (QED) is 0.167. The molecule has 0 saturated heterocycles. The predicted molar refractivity (Wildman–Crippen MR) is 258 cm³/mol. The summed E-state index contributed by atoms with van der Waals surface area (Å²) in [5.74, 6) is 2.86. The predicted octanol–water partition coefficient (Wildman–Crippen LogP) is 15.8. The van der Waals surface area contributed by atoms with Crippen LogP contribution in [-0.2, 0) is 5.41 Å². The lowest BCUT2D eigenvalue weighted by Gasteiger charge is -2.32. The van der Waals surface area contributed by atoms with Crippen molar-refractivity contribution in [3.8, 4) is 67.5 Å². The highest BCUT2D eigenvalue weighted by atomic mass is 16.6. The van der Waals surface area contributed by atoms with E-state index in [1.807, 2.05) is 12.1 Å². The summed E-state index contributed by atoms with van der Waals surface area (Å²) in [4.78, 5) is 2.36. The number of ether oxygens (including phenoxy) is 2. The van der Waals surface area contributed by atoms with E-state index in [9.17, 15) is 0 Å². The normalized spacial score (nSPS) is 14.2. The van der Waals surface area contributed by atoms with Crippen molar-refractivity contribution >= 4 is 16.9 Å². The molecule has 1 spiro atoms. The summed E-state index contributed by atoms with van der Waals surface area (Å²) in [7, 11) is 0. The fourth-order valence-corrected chi connectivity index (χ4v) is 10.7. The number of benzene rings is 8. The van der Waals surface area contributed by atoms with E-state index in [4.69, 9.17) is 9.47 Å². The van der Waals surface area contributed by atoms with Gasteiger partial charge in [-0.15, -0.1) is 0 Å². The lowest BCUT2D eigenvalue weighted by atomic mass is 9.70. The molecule has 0 fully saturated rings. The molecular formula is C61H39NO2. The minimum absolute atomic E-state index is 0.456. The van der Waals surface area contributed by atoms with E-state index in [1.54, 1.807) is 0 Å². The van der Waals surface area contributed by atoms with E-state index < -0.39 is 5.41 Å². The first kappa shape index (κ1) is 36.3. The molecular weight excluding hydrogens is 779 g/mol. The van der Waals surface area contributed by atoms with Crippen molar-refractivity contribution < 1.29 is 9.47 Å². The van der Waals surface area contributed by atoms with Gasteiger partial charge in [-0.05, 0) is 140 Å². The van der Waals surface area contributed by atoms with Gasteiger partial charge >= 0.3 is 0 Å². The van der Waals surface area contributed by atoms with Crippen LogP contribution in [0.4, 0.5) is 11.4 Å². The number of rotatable bonds is 6. The van der Waals surface area contributed by atoms with Crippen molar-refractivity contribution in [3.05, 3.63) is 258 Å². The van der Waals surface area contributed by atoms with E-state index in [-0.39, 0.29) is 0 Å². The van der Waals surface area contributed by atoms with Crippen LogP contribution >= 0.6 is 0 Å². The number of hydrogen-bond acceptors (Lipinski definition) is 3. The Labute approximate surface area is 373 Å². The van der Waals surface area contributed by atoms with Crippen LogP contribution in [0.5, 0.6) is 23.0 Å². The van der Waals surface area contributed by atoms with Crippen molar-refractivity contribution in [2.45, 2.75) is 18.3 Å². The fourth-order valence-electron chi connectivity index (χ4n) is 10.7. The third-order valence-electron chi connectivity index (χ3n) is 13.6. The van der Waals surface area contributed by atoms with Crippen LogP contribution < -0.4 is 14.4 Å². The molecule has 300 valence electrons. The maximum absolute atomic E-state index is 7.03. The first-order valence-electron chi connectivity index (χ1n) is 22.0. The minimum atomic E-state index is -0.456. The zero-order valence-corrected chi connectivity index (χ0v) is 34.9. The van der Waals surface area contributed by atoms with Crippen LogP contribution in [0, 0.1) is 12.1 Å². The van der Waals surface area contributed by atoms with E-state index in [0.717, 1.165) is 46.7 Å². The Kier molecular flexibility index (Phi) is 8.17. The van der Waals surface area contributed by atoms with Gasteiger partial charge in [-0.3, -0.25) is 0 Å². The molecule has 0 N–H and O–H groups in total. The minimum Gasteiger partial charge on any atom is -0.449 e. The summed E-state index contributed by atoms with van der Waals surface area (Å²) in [5.41, 5.74) is 20.0. The van der Waals surface area contributed by atoms with Crippen LogP contribution in [0.15, 0.2) is 218 Å². The van der Waals surface area contributed by atoms with Crippen molar-refractivity contribution in [2.75, 3.05) is 4.90 Å². The van der Waals surface area contributed by atoms with Gasteiger partial charge < -0.3 is 14.4 Å². The maximum Gasteiger partial charge on any atom is 0.178 e. The van der Waals surface area contributed by atoms with E-state index in [1.165, 1.54) is 66.9 Å². The second-order valence-corrected chi connectivity index (χ2v) is 16.9. The Hall–Kier alpha value is -8.32. The highest BCUT2D eigenvalue weighted by Gasteiger charge is 2.53. The third-order valence-corrected chi connectivity index (χ3v) is 13.6. The summed E-state index contributed by atoms with van der Waals surface area (Å²) in [5, 5.41) is 0. The molecule has 0 bridgehead atoms. The molecule has 3 nitrogen and oxygen atoms in total. The molecule has 1 aliphatic heterocycles. The van der Waals surface area contributed by atoms with Gasteiger partial charge in [0, 0.05) is 28.7 Å². The van der Waals surface area contributed by atoms with Gasteiger partial charge in [0.05, 0.1) is 5.41 Å². The molecule has 0 amide bonds. The fraction of sp³-hybridized carbons (Fsp3) is 0.0492. The van der Waals surface area contributed by atoms with Gasteiger partial charge in [0.2, 0.25) is 0 Å². The molecule has 0 radical (unpaired) electrons. The van der Waals surface area contributed by atoms with E-state index in [2.05, 4.69) is 217 Å². The Morgan fingerprint density at radius 2 is 1.03 bits per heavy atom.